The molecule has 0 atom stereocenters. The highest BCUT2D eigenvalue weighted by molar-refractivity contribution is 7.99. The Morgan fingerprint density at radius 2 is 2.03 bits per heavy atom. The van der Waals surface area contributed by atoms with Crippen LogP contribution in [-0.2, 0) is 15.8 Å². The molecule has 0 aliphatic carbocycles. The molecular weight excluding hydrogens is 435 g/mol. The predicted octanol–water partition coefficient (Wildman–Crippen LogP) is 2.21. The SMILES string of the molecule is CN(CC(=O)Nc1ccc(Cl)c(C(F)(F)F)c1)C(=O)CSc1nc(N)cc(=O)[nH]1. The molecule has 4 N–H and O–H groups in total. The van der Waals surface area contributed by atoms with Gasteiger partial charge in [-0.25, -0.2) is 4.98 Å². The number of thioether (sulfide) groups is 1. The minimum atomic E-state index is -4.67. The van der Waals surface area contributed by atoms with Gasteiger partial charge in [-0.1, -0.05) is 23.4 Å². The third-order valence-corrected chi connectivity index (χ3v) is 4.62. The normalized spacial score (nSPS) is 11.2. The van der Waals surface area contributed by atoms with Crippen molar-refractivity contribution in [3.05, 3.63) is 45.2 Å². The van der Waals surface area contributed by atoms with Gasteiger partial charge < -0.3 is 20.9 Å². The average Bonchev–Trinajstić information content (AvgIpc) is 2.59. The Morgan fingerprint density at radius 3 is 2.66 bits per heavy atom. The molecule has 0 aliphatic heterocycles. The predicted molar refractivity (Wildman–Crippen MR) is 103 cm³/mol. The molecule has 8 nitrogen and oxygen atoms in total. The molecule has 0 saturated heterocycles. The third-order valence-electron chi connectivity index (χ3n) is 3.43. The van der Waals surface area contributed by atoms with Crippen molar-refractivity contribution in [1.29, 1.82) is 0 Å². The molecule has 2 rings (SSSR count). The van der Waals surface area contributed by atoms with Crippen LogP contribution < -0.4 is 16.6 Å². The average molecular weight is 450 g/mol. The molecule has 0 saturated carbocycles. The van der Waals surface area contributed by atoms with Crippen LogP contribution in [0.4, 0.5) is 24.7 Å². The molecule has 2 amide bonds. The van der Waals surface area contributed by atoms with E-state index in [1.165, 1.54) is 13.1 Å². The summed E-state index contributed by atoms with van der Waals surface area (Å²) in [5, 5.41) is 1.93. The maximum atomic E-state index is 12.9. The van der Waals surface area contributed by atoms with Crippen LogP contribution in [0.25, 0.3) is 0 Å². The summed E-state index contributed by atoms with van der Waals surface area (Å²) in [5.74, 6) is -1.31. The fourth-order valence-electron chi connectivity index (χ4n) is 2.09. The van der Waals surface area contributed by atoms with Gasteiger partial charge in [0.1, 0.15) is 5.82 Å². The molecule has 0 unspecified atom stereocenters. The second-order valence-corrected chi connectivity index (χ2v) is 7.13. The van der Waals surface area contributed by atoms with Crippen molar-refractivity contribution < 1.29 is 22.8 Å². The summed E-state index contributed by atoms with van der Waals surface area (Å²) in [7, 11) is 1.35. The lowest BCUT2D eigenvalue weighted by Crippen LogP contribution is -2.36. The van der Waals surface area contributed by atoms with Crippen molar-refractivity contribution in [3.63, 3.8) is 0 Å². The summed E-state index contributed by atoms with van der Waals surface area (Å²) < 4.78 is 38.6. The molecular formula is C16H15ClF3N5O3S. The minimum Gasteiger partial charge on any atom is -0.383 e. The van der Waals surface area contributed by atoms with Gasteiger partial charge in [0, 0.05) is 18.8 Å². The lowest BCUT2D eigenvalue weighted by molar-refractivity contribution is -0.137. The number of nitrogen functional groups attached to an aromatic ring is 1. The first kappa shape index (κ1) is 22.6. The Balaban J connectivity index is 1.93. The lowest BCUT2D eigenvalue weighted by atomic mass is 10.2. The van der Waals surface area contributed by atoms with Crippen LogP contribution in [0.2, 0.25) is 5.02 Å². The Bertz CT molecular complexity index is 983. The number of aromatic nitrogens is 2. The molecule has 0 aliphatic rings. The van der Waals surface area contributed by atoms with E-state index in [1.54, 1.807) is 0 Å². The number of nitrogens with two attached hydrogens (primary N) is 1. The van der Waals surface area contributed by atoms with Gasteiger partial charge in [0.05, 0.1) is 22.9 Å². The lowest BCUT2D eigenvalue weighted by Gasteiger charge is -2.17. The standard InChI is InChI=1S/C16H15ClF3N5O3S/c1-25(14(28)7-29-15-23-11(21)5-12(26)24-15)6-13(27)22-8-2-3-10(17)9(4-8)16(18,19)20/h2-5H,6-7H2,1H3,(H,22,27)(H3,21,23,24,26). The highest BCUT2D eigenvalue weighted by Gasteiger charge is 2.33. The van der Waals surface area contributed by atoms with Gasteiger partial charge in [-0.15, -0.1) is 0 Å². The first-order valence-electron chi connectivity index (χ1n) is 7.86. The number of nitrogens with one attached hydrogen (secondary N) is 2. The van der Waals surface area contributed by atoms with E-state index in [4.69, 9.17) is 17.3 Å². The number of benzene rings is 1. The van der Waals surface area contributed by atoms with E-state index in [2.05, 4.69) is 15.3 Å². The minimum absolute atomic E-state index is 0.00220. The van der Waals surface area contributed by atoms with E-state index in [0.717, 1.165) is 28.8 Å². The highest BCUT2D eigenvalue weighted by atomic mass is 35.5. The molecule has 1 aromatic heterocycles. The van der Waals surface area contributed by atoms with E-state index in [9.17, 15) is 27.6 Å². The fourth-order valence-corrected chi connectivity index (χ4v) is 3.13. The zero-order valence-electron chi connectivity index (χ0n) is 14.8. The summed E-state index contributed by atoms with van der Waals surface area (Å²) >= 11 is 6.44. The summed E-state index contributed by atoms with van der Waals surface area (Å²) in [5.41, 5.74) is 3.78. The molecule has 1 heterocycles. The van der Waals surface area contributed by atoms with Crippen molar-refractivity contribution >= 4 is 46.7 Å². The second-order valence-electron chi connectivity index (χ2n) is 5.75. The number of rotatable bonds is 6. The second kappa shape index (κ2) is 9.18. The molecule has 0 spiro atoms. The van der Waals surface area contributed by atoms with E-state index >= 15 is 0 Å². The number of H-pyrrole nitrogens is 1. The Kier molecular flexibility index (Phi) is 7.14. The summed E-state index contributed by atoms with van der Waals surface area (Å²) in [4.78, 5) is 42.8. The number of likely N-dealkylation sites (N-methyl/N-ethyl adjacent to an activating group) is 1. The summed E-state index contributed by atoms with van der Waals surface area (Å²) in [6.07, 6.45) is -4.67. The maximum absolute atomic E-state index is 12.9. The maximum Gasteiger partial charge on any atom is 0.417 e. The quantitative estimate of drug-likeness (QED) is 0.459. The van der Waals surface area contributed by atoms with Crippen molar-refractivity contribution in [1.82, 2.24) is 14.9 Å². The fraction of sp³-hybridized carbons (Fsp3) is 0.250. The van der Waals surface area contributed by atoms with Crippen LogP contribution in [0.15, 0.2) is 34.2 Å². The van der Waals surface area contributed by atoms with Crippen LogP contribution in [0, 0.1) is 0 Å². The van der Waals surface area contributed by atoms with Gasteiger partial charge in [0.25, 0.3) is 5.56 Å². The topological polar surface area (TPSA) is 121 Å². The van der Waals surface area contributed by atoms with Gasteiger partial charge >= 0.3 is 6.18 Å². The number of anilines is 2. The van der Waals surface area contributed by atoms with Crippen LogP contribution in [0.5, 0.6) is 0 Å². The molecule has 13 heteroatoms. The number of amides is 2. The van der Waals surface area contributed by atoms with E-state index in [-0.39, 0.29) is 22.4 Å². The van der Waals surface area contributed by atoms with Crippen LogP contribution in [0.1, 0.15) is 5.56 Å². The zero-order chi connectivity index (χ0) is 21.8. The Hall–Kier alpha value is -2.73. The first-order valence-corrected chi connectivity index (χ1v) is 9.22. The van der Waals surface area contributed by atoms with Crippen LogP contribution >= 0.6 is 23.4 Å². The van der Waals surface area contributed by atoms with Crippen molar-refractivity contribution in [2.75, 3.05) is 30.4 Å². The summed E-state index contributed by atoms with van der Waals surface area (Å²) in [6, 6.07) is 4.03. The Labute approximate surface area is 171 Å². The van der Waals surface area contributed by atoms with E-state index in [0.29, 0.717) is 6.07 Å². The number of carbonyl (C=O) groups excluding carboxylic acids is 2. The molecule has 1 aromatic carbocycles. The number of carbonyl (C=O) groups is 2. The molecule has 0 fully saturated rings. The zero-order valence-corrected chi connectivity index (χ0v) is 16.4. The van der Waals surface area contributed by atoms with Gasteiger partial charge in [-0.2, -0.15) is 13.2 Å². The number of hydrogen-bond acceptors (Lipinski definition) is 6. The number of nitrogens with zero attached hydrogens (tertiary/aromatic N) is 2. The first-order chi connectivity index (χ1) is 13.5. The van der Waals surface area contributed by atoms with E-state index < -0.39 is 40.7 Å². The molecule has 0 bridgehead atoms. The highest BCUT2D eigenvalue weighted by Crippen LogP contribution is 2.36. The monoisotopic (exact) mass is 449 g/mol. The van der Waals surface area contributed by atoms with E-state index in [1.807, 2.05) is 0 Å². The van der Waals surface area contributed by atoms with Gasteiger partial charge in [-0.05, 0) is 18.2 Å². The number of halogens is 4. The van der Waals surface area contributed by atoms with Crippen LogP contribution in [-0.4, -0.2) is 46.0 Å². The smallest absolute Gasteiger partial charge is 0.383 e. The number of alkyl halides is 3. The molecule has 0 radical (unpaired) electrons. The molecule has 156 valence electrons. The van der Waals surface area contributed by atoms with Gasteiger partial charge in [-0.3, -0.25) is 14.4 Å². The van der Waals surface area contributed by atoms with Crippen molar-refractivity contribution in [3.8, 4) is 0 Å². The van der Waals surface area contributed by atoms with Crippen molar-refractivity contribution in [2.24, 2.45) is 0 Å². The number of aromatic amines is 1. The van der Waals surface area contributed by atoms with Gasteiger partial charge in [0.15, 0.2) is 5.16 Å². The van der Waals surface area contributed by atoms with Gasteiger partial charge in [0.2, 0.25) is 11.8 Å². The third kappa shape index (κ3) is 6.68. The number of hydrogen-bond donors (Lipinski definition) is 3. The van der Waals surface area contributed by atoms with Crippen molar-refractivity contribution in [2.45, 2.75) is 11.3 Å². The molecule has 29 heavy (non-hydrogen) atoms. The van der Waals surface area contributed by atoms with Crippen LogP contribution in [0.3, 0.4) is 0 Å². The largest absolute Gasteiger partial charge is 0.417 e. The molecule has 2 aromatic rings. The Morgan fingerprint density at radius 1 is 1.34 bits per heavy atom. The summed E-state index contributed by atoms with van der Waals surface area (Å²) in [6.45, 7) is -0.399.